The smallest absolute Gasteiger partial charge is 0.230 e. The van der Waals surface area contributed by atoms with Crippen LogP contribution in [-0.4, -0.2) is 10.8 Å². The molecule has 0 aliphatic heterocycles. The summed E-state index contributed by atoms with van der Waals surface area (Å²) in [5, 5.41) is 7.56. The number of rotatable bonds is 4. The average molecular weight is 269 g/mol. The molecule has 0 fully saturated rings. The van der Waals surface area contributed by atoms with Crippen LogP contribution in [0.1, 0.15) is 36.6 Å². The van der Waals surface area contributed by atoms with Crippen LogP contribution in [0.5, 0.6) is 11.6 Å². The summed E-state index contributed by atoms with van der Waals surface area (Å²) < 4.78 is 5.75. The van der Waals surface area contributed by atoms with Gasteiger partial charge in [0.05, 0.1) is 5.56 Å². The molecule has 0 radical (unpaired) electrons. The highest BCUT2D eigenvalue weighted by Crippen LogP contribution is 2.25. The Hall–Kier alpha value is -2.36. The first-order valence-electron chi connectivity index (χ1n) is 6.57. The number of aromatic nitrogens is 1. The van der Waals surface area contributed by atoms with E-state index in [4.69, 9.17) is 15.9 Å². The first-order chi connectivity index (χ1) is 9.47. The maximum Gasteiger partial charge on any atom is 0.230 e. The van der Waals surface area contributed by atoms with E-state index in [2.05, 4.69) is 18.8 Å². The molecule has 0 atom stereocenters. The van der Waals surface area contributed by atoms with Crippen LogP contribution in [0.3, 0.4) is 0 Å². The number of aryl methyl sites for hydroxylation is 1. The van der Waals surface area contributed by atoms with Gasteiger partial charge in [-0.3, -0.25) is 5.41 Å². The molecule has 4 nitrogen and oxygen atoms in total. The molecule has 0 saturated heterocycles. The standard InChI is InChI=1S/C16H19N3O/c1-10(2)12-5-7-13(8-6-12)20-16-14(15(17)18)9-4-11(3)19-16/h4-10H,1-3H3,(H3,17,18). The Kier molecular flexibility index (Phi) is 4.03. The van der Waals surface area contributed by atoms with Gasteiger partial charge < -0.3 is 10.5 Å². The fourth-order valence-electron chi connectivity index (χ4n) is 1.85. The summed E-state index contributed by atoms with van der Waals surface area (Å²) in [6, 6.07) is 11.4. The molecule has 1 aromatic heterocycles. The van der Waals surface area contributed by atoms with Crippen LogP contribution >= 0.6 is 0 Å². The second-order valence-corrected chi connectivity index (χ2v) is 5.04. The lowest BCUT2D eigenvalue weighted by atomic mass is 10.0. The van der Waals surface area contributed by atoms with Crippen molar-refractivity contribution in [2.45, 2.75) is 26.7 Å². The number of pyridine rings is 1. The van der Waals surface area contributed by atoms with Crippen LogP contribution in [0.4, 0.5) is 0 Å². The van der Waals surface area contributed by atoms with Gasteiger partial charge >= 0.3 is 0 Å². The highest BCUT2D eigenvalue weighted by Gasteiger charge is 2.10. The second kappa shape index (κ2) is 5.74. The molecule has 0 aliphatic rings. The number of hydrogen-bond donors (Lipinski definition) is 2. The molecule has 1 aromatic carbocycles. The van der Waals surface area contributed by atoms with Crippen molar-refractivity contribution in [1.82, 2.24) is 4.98 Å². The van der Waals surface area contributed by atoms with Crippen molar-refractivity contribution >= 4 is 5.84 Å². The number of nitrogens with one attached hydrogen (secondary N) is 1. The highest BCUT2D eigenvalue weighted by molar-refractivity contribution is 5.97. The summed E-state index contributed by atoms with van der Waals surface area (Å²) in [5.74, 6) is 1.49. The lowest BCUT2D eigenvalue weighted by Crippen LogP contribution is -2.13. The monoisotopic (exact) mass is 269 g/mol. The molecule has 0 saturated carbocycles. The Morgan fingerprint density at radius 2 is 1.80 bits per heavy atom. The quantitative estimate of drug-likeness (QED) is 0.658. The summed E-state index contributed by atoms with van der Waals surface area (Å²) in [4.78, 5) is 4.30. The van der Waals surface area contributed by atoms with Crippen molar-refractivity contribution in [3.63, 3.8) is 0 Å². The van der Waals surface area contributed by atoms with E-state index in [9.17, 15) is 0 Å². The van der Waals surface area contributed by atoms with Crippen LogP contribution in [0.2, 0.25) is 0 Å². The molecule has 1 heterocycles. The zero-order valence-corrected chi connectivity index (χ0v) is 12.0. The fourth-order valence-corrected chi connectivity index (χ4v) is 1.85. The van der Waals surface area contributed by atoms with Gasteiger partial charge in [0.25, 0.3) is 0 Å². The predicted octanol–water partition coefficient (Wildman–Crippen LogP) is 3.59. The Balaban J connectivity index is 2.29. The molecule has 0 unspecified atom stereocenters. The maximum atomic E-state index is 7.56. The van der Waals surface area contributed by atoms with Gasteiger partial charge in [0.2, 0.25) is 5.88 Å². The third-order valence-corrected chi connectivity index (χ3v) is 3.05. The van der Waals surface area contributed by atoms with E-state index in [-0.39, 0.29) is 5.84 Å². The van der Waals surface area contributed by atoms with Gasteiger partial charge in [0.15, 0.2) is 0 Å². The van der Waals surface area contributed by atoms with E-state index in [1.165, 1.54) is 5.56 Å². The molecule has 20 heavy (non-hydrogen) atoms. The van der Waals surface area contributed by atoms with Crippen LogP contribution in [-0.2, 0) is 0 Å². The normalized spacial score (nSPS) is 10.6. The minimum absolute atomic E-state index is 0.0497. The first-order valence-corrected chi connectivity index (χ1v) is 6.57. The lowest BCUT2D eigenvalue weighted by Gasteiger charge is -2.11. The van der Waals surface area contributed by atoms with Gasteiger partial charge in [-0.15, -0.1) is 0 Å². The Labute approximate surface area is 119 Å². The predicted molar refractivity (Wildman–Crippen MR) is 80.6 cm³/mol. The molecular weight excluding hydrogens is 250 g/mol. The minimum atomic E-state index is -0.0497. The van der Waals surface area contributed by atoms with Gasteiger partial charge in [-0.1, -0.05) is 26.0 Å². The molecular formula is C16H19N3O. The minimum Gasteiger partial charge on any atom is -0.438 e. The summed E-state index contributed by atoms with van der Waals surface area (Å²) in [6.45, 7) is 6.16. The first kappa shape index (κ1) is 14.1. The zero-order chi connectivity index (χ0) is 14.7. The van der Waals surface area contributed by atoms with Gasteiger partial charge in [0.1, 0.15) is 11.6 Å². The lowest BCUT2D eigenvalue weighted by molar-refractivity contribution is 0.460. The van der Waals surface area contributed by atoms with Gasteiger partial charge in [0, 0.05) is 5.69 Å². The van der Waals surface area contributed by atoms with Crippen molar-refractivity contribution < 1.29 is 4.74 Å². The van der Waals surface area contributed by atoms with Crippen LogP contribution < -0.4 is 10.5 Å². The Morgan fingerprint density at radius 1 is 1.15 bits per heavy atom. The third-order valence-electron chi connectivity index (χ3n) is 3.05. The number of hydrogen-bond acceptors (Lipinski definition) is 3. The zero-order valence-electron chi connectivity index (χ0n) is 12.0. The van der Waals surface area contributed by atoms with E-state index in [0.29, 0.717) is 23.1 Å². The summed E-state index contributed by atoms with van der Waals surface area (Å²) in [5.41, 5.74) is 8.12. The number of ether oxygens (including phenoxy) is 1. The molecule has 0 amide bonds. The van der Waals surface area contributed by atoms with Crippen LogP contribution in [0.15, 0.2) is 36.4 Å². The molecule has 4 heteroatoms. The molecule has 2 aromatic rings. The molecule has 0 spiro atoms. The summed E-state index contributed by atoms with van der Waals surface area (Å²) in [7, 11) is 0. The third kappa shape index (κ3) is 3.15. The van der Waals surface area contributed by atoms with E-state index in [0.717, 1.165) is 5.69 Å². The second-order valence-electron chi connectivity index (χ2n) is 5.04. The van der Waals surface area contributed by atoms with Crippen LogP contribution in [0, 0.1) is 12.3 Å². The number of nitrogen functional groups attached to an aromatic ring is 1. The number of benzene rings is 1. The highest BCUT2D eigenvalue weighted by atomic mass is 16.5. The van der Waals surface area contributed by atoms with Crippen molar-refractivity contribution in [2.75, 3.05) is 0 Å². The van der Waals surface area contributed by atoms with Gasteiger partial charge in [-0.2, -0.15) is 0 Å². The van der Waals surface area contributed by atoms with Crippen molar-refractivity contribution in [2.24, 2.45) is 5.73 Å². The Morgan fingerprint density at radius 3 is 2.35 bits per heavy atom. The van der Waals surface area contributed by atoms with Crippen molar-refractivity contribution in [1.29, 1.82) is 5.41 Å². The molecule has 0 aliphatic carbocycles. The van der Waals surface area contributed by atoms with Gasteiger partial charge in [-0.05, 0) is 42.7 Å². The van der Waals surface area contributed by atoms with Crippen molar-refractivity contribution in [3.05, 3.63) is 53.2 Å². The topological polar surface area (TPSA) is 72.0 Å². The maximum absolute atomic E-state index is 7.56. The van der Waals surface area contributed by atoms with E-state index in [1.807, 2.05) is 37.3 Å². The van der Waals surface area contributed by atoms with Gasteiger partial charge in [-0.25, -0.2) is 4.98 Å². The van der Waals surface area contributed by atoms with E-state index >= 15 is 0 Å². The molecule has 0 bridgehead atoms. The van der Waals surface area contributed by atoms with E-state index in [1.54, 1.807) is 6.07 Å². The molecule has 104 valence electrons. The number of nitrogens with zero attached hydrogens (tertiary/aromatic N) is 1. The summed E-state index contributed by atoms with van der Waals surface area (Å²) in [6.07, 6.45) is 0. The SMILES string of the molecule is Cc1ccc(C(=N)N)c(Oc2ccc(C(C)C)cc2)n1. The molecule has 2 rings (SSSR count). The van der Waals surface area contributed by atoms with Crippen LogP contribution in [0.25, 0.3) is 0 Å². The average Bonchev–Trinajstić information content (AvgIpc) is 2.39. The van der Waals surface area contributed by atoms with E-state index < -0.39 is 0 Å². The number of nitrogens with two attached hydrogens (primary N) is 1. The Bertz CT molecular complexity index is 618. The number of amidine groups is 1. The molecule has 3 N–H and O–H groups in total. The fraction of sp³-hybridized carbons (Fsp3) is 0.250. The summed E-state index contributed by atoms with van der Waals surface area (Å²) >= 11 is 0. The largest absolute Gasteiger partial charge is 0.438 e. The van der Waals surface area contributed by atoms with Crippen molar-refractivity contribution in [3.8, 4) is 11.6 Å².